The monoisotopic (exact) mass is 378 g/mol. The molecule has 0 N–H and O–H groups in total. The number of rotatable bonds is 4. The summed E-state index contributed by atoms with van der Waals surface area (Å²) in [6.45, 7) is 2.15. The van der Waals surface area contributed by atoms with E-state index >= 15 is 0 Å². The lowest BCUT2D eigenvalue weighted by Gasteiger charge is -2.11. The van der Waals surface area contributed by atoms with Crippen LogP contribution in [0.1, 0.15) is 11.8 Å². The summed E-state index contributed by atoms with van der Waals surface area (Å²) in [6.07, 6.45) is 1.76. The number of amidine groups is 1. The number of thioether (sulfide) groups is 1. The highest BCUT2D eigenvalue weighted by Gasteiger charge is 2.34. The molecule has 0 atom stereocenters. The van der Waals surface area contributed by atoms with Crippen LogP contribution in [-0.4, -0.2) is 30.9 Å². The Hall–Kier alpha value is -1.90. The molecule has 0 saturated carbocycles. The zero-order chi connectivity index (χ0) is 17.2. The van der Waals surface area contributed by atoms with Crippen LogP contribution in [0.15, 0.2) is 62.0 Å². The molecule has 1 aliphatic rings. The van der Waals surface area contributed by atoms with E-state index in [0.717, 1.165) is 16.6 Å². The van der Waals surface area contributed by atoms with Crippen molar-refractivity contribution >= 4 is 50.3 Å². The molecule has 3 rings (SSSR count). The number of nitrogens with zero attached hydrogens (tertiary/aromatic N) is 2. The van der Waals surface area contributed by atoms with Crippen molar-refractivity contribution in [1.82, 2.24) is 4.90 Å². The van der Waals surface area contributed by atoms with Crippen LogP contribution in [0, 0.1) is 0 Å². The summed E-state index contributed by atoms with van der Waals surface area (Å²) in [5.41, 5.74) is 0. The zero-order valence-corrected chi connectivity index (χ0v) is 15.2. The number of benzene rings is 1. The minimum Gasteiger partial charge on any atom is -0.286 e. The molecule has 0 bridgehead atoms. The molecule has 5 nitrogen and oxygen atoms in total. The molecule has 1 saturated heterocycles. The van der Waals surface area contributed by atoms with Gasteiger partial charge in [0.25, 0.3) is 15.9 Å². The van der Waals surface area contributed by atoms with E-state index in [2.05, 4.69) is 4.40 Å². The second kappa shape index (κ2) is 6.92. The van der Waals surface area contributed by atoms with Crippen molar-refractivity contribution < 1.29 is 13.2 Å². The van der Waals surface area contributed by atoms with Gasteiger partial charge in [-0.05, 0) is 48.3 Å². The average molecular weight is 379 g/mol. The Morgan fingerprint density at radius 2 is 1.92 bits per heavy atom. The molecule has 8 heteroatoms. The van der Waals surface area contributed by atoms with Gasteiger partial charge < -0.3 is 0 Å². The van der Waals surface area contributed by atoms with Crippen LogP contribution >= 0.6 is 23.1 Å². The number of amides is 1. The van der Waals surface area contributed by atoms with Crippen LogP contribution < -0.4 is 0 Å². The molecule has 124 valence electrons. The van der Waals surface area contributed by atoms with E-state index in [0.29, 0.717) is 11.4 Å². The zero-order valence-electron chi connectivity index (χ0n) is 12.7. The van der Waals surface area contributed by atoms with E-state index in [9.17, 15) is 13.2 Å². The average Bonchev–Trinajstić information content (AvgIpc) is 3.17. The van der Waals surface area contributed by atoms with E-state index < -0.39 is 10.0 Å². The molecule has 1 aromatic carbocycles. The summed E-state index contributed by atoms with van der Waals surface area (Å²) in [6, 6.07) is 11.8. The molecule has 0 unspecified atom stereocenters. The topological polar surface area (TPSA) is 66.8 Å². The van der Waals surface area contributed by atoms with Gasteiger partial charge in [-0.15, -0.1) is 15.7 Å². The Morgan fingerprint density at radius 1 is 1.17 bits per heavy atom. The van der Waals surface area contributed by atoms with Crippen LogP contribution in [0.3, 0.4) is 0 Å². The minimum atomic E-state index is -3.85. The Balaban J connectivity index is 1.97. The summed E-state index contributed by atoms with van der Waals surface area (Å²) in [5, 5.41) is 2.11. The fourth-order valence-corrected chi connectivity index (χ4v) is 5.09. The van der Waals surface area contributed by atoms with Crippen molar-refractivity contribution in [2.75, 3.05) is 6.54 Å². The van der Waals surface area contributed by atoms with Crippen molar-refractivity contribution in [3.63, 3.8) is 0 Å². The Morgan fingerprint density at radius 3 is 2.54 bits per heavy atom. The second-order valence-corrected chi connectivity index (χ2v) is 8.43. The Kier molecular flexibility index (Phi) is 4.88. The fourth-order valence-electron chi connectivity index (χ4n) is 2.11. The van der Waals surface area contributed by atoms with E-state index in [4.69, 9.17) is 0 Å². The maximum absolute atomic E-state index is 12.5. The van der Waals surface area contributed by atoms with Crippen LogP contribution in [0.2, 0.25) is 0 Å². The molecule has 24 heavy (non-hydrogen) atoms. The van der Waals surface area contributed by atoms with Crippen molar-refractivity contribution in [2.45, 2.75) is 11.8 Å². The lowest BCUT2D eigenvalue weighted by molar-refractivity contribution is -0.122. The maximum atomic E-state index is 12.5. The first-order valence-electron chi connectivity index (χ1n) is 7.16. The van der Waals surface area contributed by atoms with Gasteiger partial charge in [-0.2, -0.15) is 8.42 Å². The van der Waals surface area contributed by atoms with Gasteiger partial charge in [-0.3, -0.25) is 9.69 Å². The third kappa shape index (κ3) is 3.45. The number of carbonyl (C=O) groups excluding carboxylic acids is 1. The van der Waals surface area contributed by atoms with Crippen LogP contribution in [0.25, 0.3) is 6.08 Å². The summed E-state index contributed by atoms with van der Waals surface area (Å²) in [4.78, 5) is 15.4. The van der Waals surface area contributed by atoms with Crippen molar-refractivity contribution in [1.29, 1.82) is 0 Å². The summed E-state index contributed by atoms with van der Waals surface area (Å²) < 4.78 is 28.7. The molecular weight excluding hydrogens is 364 g/mol. The van der Waals surface area contributed by atoms with Gasteiger partial charge in [0.15, 0.2) is 5.17 Å². The number of carbonyl (C=O) groups is 1. The standard InChI is InChI=1S/C16H14N2O3S3/c1-2-18-15(19)14(11-12-7-6-10-22-12)23-16(18)17-24(20,21)13-8-4-3-5-9-13/h3-11H,2H2,1H3/b14-11+,17-16-. The van der Waals surface area contributed by atoms with Gasteiger partial charge in [0.1, 0.15) is 0 Å². The highest BCUT2D eigenvalue weighted by atomic mass is 32.2. The third-order valence-electron chi connectivity index (χ3n) is 3.26. The van der Waals surface area contributed by atoms with E-state index in [1.807, 2.05) is 17.5 Å². The molecule has 0 radical (unpaired) electrons. The number of thiophene rings is 1. The van der Waals surface area contributed by atoms with Gasteiger partial charge in [-0.1, -0.05) is 24.3 Å². The molecule has 0 aliphatic carbocycles. The van der Waals surface area contributed by atoms with Gasteiger partial charge in [0.05, 0.1) is 9.80 Å². The van der Waals surface area contributed by atoms with Gasteiger partial charge in [0, 0.05) is 11.4 Å². The molecule has 1 fully saturated rings. The Bertz CT molecular complexity index is 901. The van der Waals surface area contributed by atoms with Crippen molar-refractivity contribution in [3.05, 3.63) is 57.6 Å². The molecule has 2 aromatic rings. The Labute approximate surface area is 148 Å². The first-order chi connectivity index (χ1) is 11.5. The highest BCUT2D eigenvalue weighted by molar-refractivity contribution is 8.19. The quantitative estimate of drug-likeness (QED) is 0.765. The summed E-state index contributed by atoms with van der Waals surface area (Å²) in [5.74, 6) is -0.224. The molecule has 1 aromatic heterocycles. The molecule has 2 heterocycles. The third-order valence-corrected chi connectivity index (χ3v) is 6.48. The minimum absolute atomic E-state index is 0.109. The predicted molar refractivity (Wildman–Crippen MR) is 98.3 cm³/mol. The maximum Gasteiger partial charge on any atom is 0.284 e. The van der Waals surface area contributed by atoms with Crippen molar-refractivity contribution in [2.24, 2.45) is 4.40 Å². The van der Waals surface area contributed by atoms with E-state index in [-0.39, 0.29) is 16.0 Å². The first-order valence-corrected chi connectivity index (χ1v) is 10.3. The van der Waals surface area contributed by atoms with Gasteiger partial charge >= 0.3 is 0 Å². The van der Waals surface area contributed by atoms with Crippen molar-refractivity contribution in [3.8, 4) is 0 Å². The number of hydrogen-bond acceptors (Lipinski definition) is 5. The SMILES string of the molecule is CCN1C(=O)/C(=C\c2cccs2)S/C1=N\S(=O)(=O)c1ccccc1. The summed E-state index contributed by atoms with van der Waals surface area (Å²) in [7, 11) is -3.85. The van der Waals surface area contributed by atoms with Crippen LogP contribution in [0.4, 0.5) is 0 Å². The number of likely N-dealkylation sites (N-methyl/N-ethyl adjacent to an activating group) is 1. The number of hydrogen-bond donors (Lipinski definition) is 0. The van der Waals surface area contributed by atoms with Gasteiger partial charge in [-0.25, -0.2) is 0 Å². The molecular formula is C16H14N2O3S3. The highest BCUT2D eigenvalue weighted by Crippen LogP contribution is 2.34. The first kappa shape index (κ1) is 16.9. The largest absolute Gasteiger partial charge is 0.286 e. The fraction of sp³-hybridized carbons (Fsp3) is 0.125. The van der Waals surface area contributed by atoms with Crippen LogP contribution in [-0.2, 0) is 14.8 Å². The lowest BCUT2D eigenvalue weighted by atomic mass is 10.4. The second-order valence-electron chi connectivity index (χ2n) is 4.84. The number of sulfonamides is 1. The van der Waals surface area contributed by atoms with Crippen LogP contribution in [0.5, 0.6) is 0 Å². The lowest BCUT2D eigenvalue weighted by Crippen LogP contribution is -2.29. The molecule has 0 spiro atoms. The molecule has 1 aliphatic heterocycles. The van der Waals surface area contributed by atoms with E-state index in [1.165, 1.54) is 28.4 Å². The van der Waals surface area contributed by atoms with Gasteiger partial charge in [0.2, 0.25) is 0 Å². The predicted octanol–water partition coefficient (Wildman–Crippen LogP) is 3.43. The smallest absolute Gasteiger partial charge is 0.284 e. The van der Waals surface area contributed by atoms with E-state index in [1.54, 1.807) is 31.2 Å². The normalized spacial score (nSPS) is 18.7. The molecule has 1 amide bonds. The summed E-state index contributed by atoms with van der Waals surface area (Å²) >= 11 is 2.60.